The Hall–Kier alpha value is -3.09. The molecule has 1 aromatic carbocycles. The Morgan fingerprint density at radius 2 is 2.00 bits per heavy atom. The summed E-state index contributed by atoms with van der Waals surface area (Å²) in [4.78, 5) is 19.9. The molecule has 1 saturated heterocycles. The number of alkyl halides is 3. The van der Waals surface area contributed by atoms with Crippen LogP contribution in [-0.4, -0.2) is 54.5 Å². The van der Waals surface area contributed by atoms with Crippen molar-refractivity contribution in [2.75, 3.05) is 36.9 Å². The number of carbonyl (C=O) groups is 1. The molecular weight excluding hydrogens is 519 g/mol. The van der Waals surface area contributed by atoms with Gasteiger partial charge in [0.15, 0.2) is 6.67 Å². The Morgan fingerprint density at radius 3 is 2.61 bits per heavy atom. The Labute approximate surface area is 222 Å². The number of aryl methyl sites for hydroxylation is 1. The molecule has 3 aromatic rings. The van der Waals surface area contributed by atoms with E-state index >= 15 is 0 Å². The van der Waals surface area contributed by atoms with Crippen LogP contribution in [0.15, 0.2) is 30.3 Å². The monoisotopic (exact) mass is 551 g/mol. The van der Waals surface area contributed by atoms with E-state index in [0.29, 0.717) is 27.5 Å². The average molecular weight is 552 g/mol. The molecule has 1 unspecified atom stereocenters. The fraction of sp³-hybridized carbons (Fsp3) is 0.462. The van der Waals surface area contributed by atoms with Gasteiger partial charge < -0.3 is 31.5 Å². The number of carbonyl (C=O) groups excluding carboxylic acids is 1. The van der Waals surface area contributed by atoms with Gasteiger partial charge in [-0.1, -0.05) is 25.5 Å². The SMILES string of the molecule is CCCc1cc(N2CCC(NCC(O)c3ccc(OC(F)(F)CF)cc3)CC2)nc2sc(C(N)=O)c(N)c12. The minimum Gasteiger partial charge on any atom is -0.431 e. The maximum absolute atomic E-state index is 13.0. The number of nitrogen functional groups attached to an aromatic ring is 1. The minimum atomic E-state index is -3.88. The Balaban J connectivity index is 1.34. The number of halogens is 3. The van der Waals surface area contributed by atoms with Crippen LogP contribution >= 0.6 is 11.3 Å². The van der Waals surface area contributed by atoms with Gasteiger partial charge in [0, 0.05) is 31.1 Å². The van der Waals surface area contributed by atoms with Crippen LogP contribution in [0.3, 0.4) is 0 Å². The summed E-state index contributed by atoms with van der Waals surface area (Å²) in [5.41, 5.74) is 13.7. The van der Waals surface area contributed by atoms with Crippen LogP contribution in [0.5, 0.6) is 5.75 Å². The van der Waals surface area contributed by atoms with Gasteiger partial charge in [-0.3, -0.25) is 4.79 Å². The lowest BCUT2D eigenvalue weighted by Gasteiger charge is -2.34. The number of aliphatic hydroxyl groups is 1. The fourth-order valence-corrected chi connectivity index (χ4v) is 5.65. The van der Waals surface area contributed by atoms with Gasteiger partial charge in [-0.05, 0) is 48.6 Å². The molecule has 0 aliphatic carbocycles. The number of aliphatic hydroxyl groups excluding tert-OH is 1. The van der Waals surface area contributed by atoms with E-state index < -0.39 is 24.8 Å². The molecule has 38 heavy (non-hydrogen) atoms. The molecule has 3 heterocycles. The maximum Gasteiger partial charge on any atom is 0.427 e. The molecule has 2 aromatic heterocycles. The summed E-state index contributed by atoms with van der Waals surface area (Å²) in [6, 6.07) is 7.76. The zero-order chi connectivity index (χ0) is 27.4. The van der Waals surface area contributed by atoms with E-state index in [1.54, 1.807) is 0 Å². The quantitative estimate of drug-likeness (QED) is 0.282. The third kappa shape index (κ3) is 6.30. The second-order valence-corrected chi connectivity index (χ2v) is 10.4. The molecule has 4 rings (SSSR count). The van der Waals surface area contributed by atoms with E-state index in [-0.39, 0.29) is 11.8 Å². The molecule has 0 radical (unpaired) electrons. The topological polar surface area (TPSA) is 127 Å². The third-order valence-electron chi connectivity index (χ3n) is 6.62. The van der Waals surface area contributed by atoms with E-state index in [1.807, 2.05) is 6.07 Å². The highest BCUT2D eigenvalue weighted by Crippen LogP contribution is 2.37. The molecule has 1 fully saturated rings. The molecular formula is C26H32F3N5O3S. The van der Waals surface area contributed by atoms with Gasteiger partial charge in [0.1, 0.15) is 21.3 Å². The number of piperidine rings is 1. The molecule has 1 aliphatic heterocycles. The number of anilines is 2. The van der Waals surface area contributed by atoms with Crippen molar-refractivity contribution in [3.63, 3.8) is 0 Å². The van der Waals surface area contributed by atoms with Crippen molar-refractivity contribution in [2.45, 2.75) is 50.9 Å². The number of amides is 1. The second kappa shape index (κ2) is 11.7. The number of aromatic nitrogens is 1. The van der Waals surface area contributed by atoms with Crippen molar-refractivity contribution < 1.29 is 27.8 Å². The number of pyridine rings is 1. The van der Waals surface area contributed by atoms with Crippen LogP contribution in [-0.2, 0) is 6.42 Å². The van der Waals surface area contributed by atoms with Crippen LogP contribution in [0.1, 0.15) is 53.1 Å². The summed E-state index contributed by atoms with van der Waals surface area (Å²) in [5, 5.41) is 14.7. The standard InChI is InChI=1S/C26H32F3N5O3S/c1-2-3-16-12-20(33-25-21(16)22(30)23(38-25)24(31)36)34-10-8-17(9-11-34)32-13-19(35)15-4-6-18(7-5-15)37-26(28,29)14-27/h4-7,12,17,19,32,35H,2-3,8-11,13-14,30H2,1H3,(H2,31,36). The highest BCUT2D eigenvalue weighted by atomic mass is 32.1. The van der Waals surface area contributed by atoms with Gasteiger partial charge >= 0.3 is 6.11 Å². The molecule has 0 saturated carbocycles. The highest BCUT2D eigenvalue weighted by molar-refractivity contribution is 7.21. The summed E-state index contributed by atoms with van der Waals surface area (Å²) < 4.78 is 42.7. The average Bonchev–Trinajstić information content (AvgIpc) is 3.24. The lowest BCUT2D eigenvalue weighted by molar-refractivity contribution is -0.186. The Morgan fingerprint density at radius 1 is 1.32 bits per heavy atom. The molecule has 8 nitrogen and oxygen atoms in total. The van der Waals surface area contributed by atoms with Gasteiger partial charge in [-0.25, -0.2) is 9.37 Å². The maximum atomic E-state index is 13.0. The molecule has 1 aliphatic rings. The van der Waals surface area contributed by atoms with Crippen LogP contribution in [0.2, 0.25) is 0 Å². The summed E-state index contributed by atoms with van der Waals surface area (Å²) in [7, 11) is 0. The fourth-order valence-electron chi connectivity index (χ4n) is 4.66. The first kappa shape index (κ1) is 27.9. The first-order valence-electron chi connectivity index (χ1n) is 12.5. The number of fused-ring (bicyclic) bond motifs is 1. The zero-order valence-corrected chi connectivity index (χ0v) is 21.9. The van der Waals surface area contributed by atoms with Crippen molar-refractivity contribution in [1.29, 1.82) is 0 Å². The first-order chi connectivity index (χ1) is 18.1. The van der Waals surface area contributed by atoms with Crippen LogP contribution in [0, 0.1) is 0 Å². The molecule has 0 spiro atoms. The Bertz CT molecular complexity index is 1260. The van der Waals surface area contributed by atoms with Gasteiger partial charge in [-0.15, -0.1) is 11.3 Å². The lowest BCUT2D eigenvalue weighted by Crippen LogP contribution is -2.44. The summed E-state index contributed by atoms with van der Waals surface area (Å²) >= 11 is 1.23. The number of nitrogens with two attached hydrogens (primary N) is 2. The van der Waals surface area contributed by atoms with Gasteiger partial charge in [0.05, 0.1) is 11.8 Å². The third-order valence-corrected chi connectivity index (χ3v) is 7.73. The van der Waals surface area contributed by atoms with Crippen molar-refractivity contribution in [1.82, 2.24) is 10.3 Å². The molecule has 1 atom stereocenters. The number of hydrogen-bond acceptors (Lipinski definition) is 8. The molecule has 206 valence electrons. The number of primary amides is 1. The van der Waals surface area contributed by atoms with E-state index in [2.05, 4.69) is 21.9 Å². The Kier molecular flexibility index (Phi) is 8.64. The van der Waals surface area contributed by atoms with Crippen molar-refractivity contribution in [2.24, 2.45) is 5.73 Å². The van der Waals surface area contributed by atoms with Gasteiger partial charge in [-0.2, -0.15) is 8.78 Å². The summed E-state index contributed by atoms with van der Waals surface area (Å²) in [5.74, 6) is 0.123. The van der Waals surface area contributed by atoms with E-state index in [1.165, 1.54) is 35.6 Å². The molecule has 12 heteroatoms. The largest absolute Gasteiger partial charge is 0.431 e. The predicted octanol–water partition coefficient (Wildman–Crippen LogP) is 4.16. The number of rotatable bonds is 11. The van der Waals surface area contributed by atoms with Crippen LogP contribution < -0.4 is 26.4 Å². The number of ether oxygens (including phenoxy) is 1. The lowest BCUT2D eigenvalue weighted by atomic mass is 10.0. The van der Waals surface area contributed by atoms with Gasteiger partial charge in [0.25, 0.3) is 5.91 Å². The number of nitrogens with zero attached hydrogens (tertiary/aromatic N) is 2. The van der Waals surface area contributed by atoms with Crippen molar-refractivity contribution in [3.05, 3.63) is 46.3 Å². The minimum absolute atomic E-state index is 0.172. The van der Waals surface area contributed by atoms with Crippen LogP contribution in [0.4, 0.5) is 24.7 Å². The van der Waals surface area contributed by atoms with Gasteiger partial charge in [0.2, 0.25) is 0 Å². The van der Waals surface area contributed by atoms with Crippen molar-refractivity contribution >= 4 is 39.0 Å². The van der Waals surface area contributed by atoms with Crippen molar-refractivity contribution in [3.8, 4) is 5.75 Å². The second-order valence-electron chi connectivity index (χ2n) is 9.41. The number of benzene rings is 1. The van der Waals surface area contributed by atoms with E-state index in [9.17, 15) is 23.1 Å². The predicted molar refractivity (Wildman–Crippen MR) is 143 cm³/mol. The summed E-state index contributed by atoms with van der Waals surface area (Å²) in [6.45, 7) is 1.99. The molecule has 6 N–H and O–H groups in total. The number of thiophene rings is 1. The molecule has 1 amide bonds. The first-order valence-corrected chi connectivity index (χ1v) is 13.3. The number of nitrogens with one attached hydrogen (secondary N) is 1. The highest BCUT2D eigenvalue weighted by Gasteiger charge is 2.31. The van der Waals surface area contributed by atoms with E-state index in [0.717, 1.165) is 55.5 Å². The number of hydrogen-bond donors (Lipinski definition) is 4. The summed E-state index contributed by atoms with van der Waals surface area (Å²) in [6.07, 6.45) is -1.31. The zero-order valence-electron chi connectivity index (χ0n) is 21.1. The van der Waals surface area contributed by atoms with Crippen LogP contribution in [0.25, 0.3) is 10.2 Å². The normalized spacial score (nSPS) is 15.7. The molecule has 0 bridgehead atoms. The van der Waals surface area contributed by atoms with E-state index in [4.69, 9.17) is 16.5 Å². The smallest absolute Gasteiger partial charge is 0.427 e.